The molecule has 3 atom stereocenters. The zero-order valence-corrected chi connectivity index (χ0v) is 15.7. The van der Waals surface area contributed by atoms with Gasteiger partial charge in [0.2, 0.25) is 11.8 Å². The summed E-state index contributed by atoms with van der Waals surface area (Å²) in [6.45, 7) is 0.978. The average molecular weight is 383 g/mol. The maximum absolute atomic E-state index is 12.5. The molecule has 28 heavy (non-hydrogen) atoms. The highest BCUT2D eigenvalue weighted by atomic mass is 16.2. The number of carbonyl (C=O) groups is 2. The summed E-state index contributed by atoms with van der Waals surface area (Å²) in [5.41, 5.74) is 0.596. The Kier molecular flexibility index (Phi) is 5.38. The van der Waals surface area contributed by atoms with Crippen LogP contribution in [0, 0.1) is 5.92 Å². The number of carbonyl (C=O) groups excluding carboxylic acids is 2. The van der Waals surface area contributed by atoms with E-state index in [2.05, 4.69) is 20.9 Å². The lowest BCUT2D eigenvalue weighted by atomic mass is 9.80. The molecule has 0 spiro atoms. The van der Waals surface area contributed by atoms with Crippen molar-refractivity contribution in [2.75, 3.05) is 6.67 Å². The molecular weight excluding hydrogens is 358 g/mol. The summed E-state index contributed by atoms with van der Waals surface area (Å²) in [4.78, 5) is 41.1. The van der Waals surface area contributed by atoms with Gasteiger partial charge in [-0.05, 0) is 37.8 Å². The lowest BCUT2D eigenvalue weighted by molar-refractivity contribution is -0.130. The minimum atomic E-state index is -0.0832. The van der Waals surface area contributed by atoms with E-state index in [-0.39, 0.29) is 35.4 Å². The van der Waals surface area contributed by atoms with Crippen LogP contribution in [-0.2, 0) is 16.1 Å². The Morgan fingerprint density at radius 3 is 3.00 bits per heavy atom. The van der Waals surface area contributed by atoms with Crippen LogP contribution in [0.5, 0.6) is 0 Å². The van der Waals surface area contributed by atoms with Gasteiger partial charge in [-0.25, -0.2) is 4.98 Å². The van der Waals surface area contributed by atoms with Gasteiger partial charge in [-0.15, -0.1) is 0 Å². The number of aromatic nitrogens is 2. The highest BCUT2D eigenvalue weighted by Crippen LogP contribution is 2.26. The molecule has 2 aliphatic rings. The molecule has 0 bridgehead atoms. The molecule has 8 heteroatoms. The van der Waals surface area contributed by atoms with Crippen LogP contribution in [0.4, 0.5) is 0 Å². The molecule has 3 N–H and O–H groups in total. The maximum atomic E-state index is 12.5. The van der Waals surface area contributed by atoms with E-state index in [9.17, 15) is 14.4 Å². The number of benzene rings is 1. The SMILES string of the molecule is O=C(CCCn1cnc2ccccc2c1=O)NC1CCC2NCNC(=O)C2C1. The summed E-state index contributed by atoms with van der Waals surface area (Å²) in [6.07, 6.45) is 4.88. The molecule has 1 saturated carbocycles. The van der Waals surface area contributed by atoms with Crippen molar-refractivity contribution in [3.05, 3.63) is 40.9 Å². The Morgan fingerprint density at radius 1 is 1.25 bits per heavy atom. The highest BCUT2D eigenvalue weighted by Gasteiger charge is 2.37. The lowest BCUT2D eigenvalue weighted by Crippen LogP contribution is -2.59. The molecule has 2 heterocycles. The molecule has 1 saturated heterocycles. The number of fused-ring (bicyclic) bond motifs is 2. The maximum Gasteiger partial charge on any atom is 0.261 e. The second-order valence-electron chi connectivity index (χ2n) is 7.58. The number of nitrogens with one attached hydrogen (secondary N) is 3. The molecule has 4 rings (SSSR count). The molecule has 2 fully saturated rings. The third kappa shape index (κ3) is 3.91. The Labute approximate surface area is 162 Å². The van der Waals surface area contributed by atoms with E-state index >= 15 is 0 Å². The van der Waals surface area contributed by atoms with Crippen molar-refractivity contribution in [3.8, 4) is 0 Å². The van der Waals surface area contributed by atoms with E-state index in [1.807, 2.05) is 18.2 Å². The summed E-state index contributed by atoms with van der Waals surface area (Å²) in [7, 11) is 0. The number of para-hydroxylation sites is 1. The third-order valence-electron chi connectivity index (χ3n) is 5.71. The Morgan fingerprint density at radius 2 is 2.11 bits per heavy atom. The fourth-order valence-electron chi connectivity index (χ4n) is 4.21. The van der Waals surface area contributed by atoms with Crippen LogP contribution < -0.4 is 21.5 Å². The fraction of sp³-hybridized carbons (Fsp3) is 0.500. The molecule has 8 nitrogen and oxygen atoms in total. The van der Waals surface area contributed by atoms with E-state index in [1.54, 1.807) is 17.0 Å². The van der Waals surface area contributed by atoms with Gasteiger partial charge < -0.3 is 10.6 Å². The van der Waals surface area contributed by atoms with E-state index in [0.29, 0.717) is 43.4 Å². The molecule has 0 radical (unpaired) electrons. The molecule has 2 aromatic rings. The monoisotopic (exact) mass is 383 g/mol. The van der Waals surface area contributed by atoms with Crippen LogP contribution in [0.25, 0.3) is 10.9 Å². The summed E-state index contributed by atoms with van der Waals surface area (Å²) < 4.78 is 1.55. The lowest BCUT2D eigenvalue weighted by Gasteiger charge is -2.39. The van der Waals surface area contributed by atoms with Gasteiger partial charge in [0.1, 0.15) is 0 Å². The molecule has 3 unspecified atom stereocenters. The van der Waals surface area contributed by atoms with Gasteiger partial charge in [0.25, 0.3) is 5.56 Å². The first-order valence-electron chi connectivity index (χ1n) is 9.86. The van der Waals surface area contributed by atoms with E-state index < -0.39 is 0 Å². The van der Waals surface area contributed by atoms with Crippen LogP contribution in [0.1, 0.15) is 32.1 Å². The first kappa shape index (κ1) is 18.6. The third-order valence-corrected chi connectivity index (χ3v) is 5.71. The van der Waals surface area contributed by atoms with E-state index in [1.165, 1.54) is 0 Å². The van der Waals surface area contributed by atoms with Crippen LogP contribution in [-0.4, -0.2) is 40.1 Å². The average Bonchev–Trinajstić information content (AvgIpc) is 2.70. The predicted molar refractivity (Wildman–Crippen MR) is 104 cm³/mol. The normalized spacial score (nSPS) is 24.4. The van der Waals surface area contributed by atoms with E-state index in [4.69, 9.17) is 0 Å². The number of rotatable bonds is 5. The molecular formula is C20H25N5O3. The summed E-state index contributed by atoms with van der Waals surface area (Å²) in [5.74, 6) is -0.0321. The Bertz CT molecular complexity index is 941. The van der Waals surface area contributed by atoms with E-state index in [0.717, 1.165) is 12.8 Å². The first-order valence-corrected chi connectivity index (χ1v) is 9.86. The van der Waals surface area contributed by atoms with Gasteiger partial charge in [0.05, 0.1) is 29.8 Å². The van der Waals surface area contributed by atoms with Gasteiger partial charge in [-0.2, -0.15) is 0 Å². The molecule has 1 aromatic carbocycles. The smallest absolute Gasteiger partial charge is 0.261 e. The van der Waals surface area contributed by atoms with Crippen molar-refractivity contribution in [1.82, 2.24) is 25.5 Å². The fourth-order valence-corrected chi connectivity index (χ4v) is 4.21. The zero-order chi connectivity index (χ0) is 19.5. The van der Waals surface area contributed by atoms with Crippen molar-refractivity contribution >= 4 is 22.7 Å². The molecule has 2 amide bonds. The van der Waals surface area contributed by atoms with Gasteiger partial charge in [-0.1, -0.05) is 12.1 Å². The summed E-state index contributed by atoms with van der Waals surface area (Å²) in [6, 6.07) is 7.49. The quantitative estimate of drug-likeness (QED) is 0.698. The first-order chi connectivity index (χ1) is 13.6. The standard InChI is InChI=1S/C20H25N5O3/c26-18(24-13-7-8-17-15(10-13)19(27)22-11-21-17)6-3-9-25-12-23-16-5-2-1-4-14(16)20(25)28/h1-2,4-5,12-13,15,17,21H,3,6-11H2,(H,22,27)(H,24,26). The zero-order valence-electron chi connectivity index (χ0n) is 15.7. The predicted octanol–water partition coefficient (Wildman–Crippen LogP) is 0.507. The molecule has 1 aromatic heterocycles. The molecule has 1 aliphatic heterocycles. The van der Waals surface area contributed by atoms with Gasteiger partial charge in [-0.3, -0.25) is 24.3 Å². The van der Waals surface area contributed by atoms with Crippen LogP contribution in [0.2, 0.25) is 0 Å². The van der Waals surface area contributed by atoms with Crippen molar-refractivity contribution < 1.29 is 9.59 Å². The number of nitrogens with zero attached hydrogens (tertiary/aromatic N) is 2. The number of aryl methyl sites for hydroxylation is 1. The second-order valence-corrected chi connectivity index (χ2v) is 7.58. The van der Waals surface area contributed by atoms with Gasteiger partial charge in [0.15, 0.2) is 0 Å². The largest absolute Gasteiger partial charge is 0.353 e. The van der Waals surface area contributed by atoms with Crippen molar-refractivity contribution in [3.63, 3.8) is 0 Å². The second kappa shape index (κ2) is 8.10. The Hall–Kier alpha value is -2.74. The highest BCUT2D eigenvalue weighted by molar-refractivity contribution is 5.81. The number of hydrogen-bond donors (Lipinski definition) is 3. The molecule has 148 valence electrons. The van der Waals surface area contributed by atoms with Crippen molar-refractivity contribution in [1.29, 1.82) is 0 Å². The summed E-state index contributed by atoms with van der Waals surface area (Å²) >= 11 is 0. The van der Waals surface area contributed by atoms with Crippen molar-refractivity contribution in [2.24, 2.45) is 5.92 Å². The van der Waals surface area contributed by atoms with Gasteiger partial charge >= 0.3 is 0 Å². The van der Waals surface area contributed by atoms with Gasteiger partial charge in [0, 0.05) is 25.0 Å². The van der Waals surface area contributed by atoms with Crippen LogP contribution in [0.3, 0.4) is 0 Å². The Balaban J connectivity index is 1.28. The topological polar surface area (TPSA) is 105 Å². The molecule has 1 aliphatic carbocycles. The minimum Gasteiger partial charge on any atom is -0.353 e. The number of hydrogen-bond acceptors (Lipinski definition) is 5. The van der Waals surface area contributed by atoms with Crippen LogP contribution in [0.15, 0.2) is 35.4 Å². The minimum absolute atomic E-state index is 0.0319. The van der Waals surface area contributed by atoms with Crippen LogP contribution >= 0.6 is 0 Å². The summed E-state index contributed by atoms with van der Waals surface area (Å²) in [5, 5.41) is 9.78. The van der Waals surface area contributed by atoms with Crippen molar-refractivity contribution in [2.45, 2.75) is 50.7 Å². The number of amides is 2.